The zero-order chi connectivity index (χ0) is 36.1. The van der Waals surface area contributed by atoms with Gasteiger partial charge in [0.2, 0.25) is 6.79 Å². The molecule has 12 nitrogen and oxygen atoms in total. The van der Waals surface area contributed by atoms with E-state index in [1.165, 1.54) is 28.8 Å². The molecule has 13 heteroatoms. The molecule has 0 radical (unpaired) electrons. The maximum absolute atomic E-state index is 15.0. The fraction of sp³-hybridized carbons (Fsp3) is 0.308. The predicted octanol–water partition coefficient (Wildman–Crippen LogP) is 5.19. The average molecular weight is 707 g/mol. The molecule has 5 heterocycles. The summed E-state index contributed by atoms with van der Waals surface area (Å²) >= 11 is 0. The number of anilines is 2. The Hall–Kier alpha value is -5.66. The van der Waals surface area contributed by atoms with Crippen LogP contribution in [-0.4, -0.2) is 86.8 Å². The number of aryl methyl sites for hydroxylation is 1. The van der Waals surface area contributed by atoms with Crippen molar-refractivity contribution in [2.24, 2.45) is 14.1 Å². The molecular weight excluding hydrogens is 667 g/mol. The number of phenolic OH excluding ortho intramolecular Hbond substituents is 1. The van der Waals surface area contributed by atoms with Gasteiger partial charge in [0.05, 0.1) is 41.9 Å². The minimum absolute atomic E-state index is 0.0301. The van der Waals surface area contributed by atoms with Crippen LogP contribution in [0.2, 0.25) is 0 Å². The summed E-state index contributed by atoms with van der Waals surface area (Å²) in [6.07, 6.45) is 3.89. The summed E-state index contributed by atoms with van der Waals surface area (Å²) in [4.78, 5) is 35.2. The normalized spacial score (nSPS) is 16.9. The number of fused-ring (bicyclic) bond motifs is 2. The van der Waals surface area contributed by atoms with E-state index in [2.05, 4.69) is 22.1 Å². The molecule has 52 heavy (non-hydrogen) atoms. The molecule has 0 spiro atoms. The Morgan fingerprint density at radius 2 is 1.71 bits per heavy atom. The number of morpholine rings is 1. The van der Waals surface area contributed by atoms with Crippen LogP contribution in [0.1, 0.15) is 37.5 Å². The van der Waals surface area contributed by atoms with Crippen LogP contribution in [0.5, 0.6) is 17.2 Å². The van der Waals surface area contributed by atoms with Crippen LogP contribution >= 0.6 is 0 Å². The Kier molecular flexibility index (Phi) is 8.68. The van der Waals surface area contributed by atoms with Crippen molar-refractivity contribution in [3.8, 4) is 28.5 Å². The second kappa shape index (κ2) is 13.5. The van der Waals surface area contributed by atoms with E-state index in [9.17, 15) is 19.1 Å². The number of phenols is 1. The first-order chi connectivity index (χ1) is 25.2. The van der Waals surface area contributed by atoms with Gasteiger partial charge in [0.15, 0.2) is 23.1 Å². The Bertz CT molecular complexity index is 2190. The number of aromatic nitrogens is 3. The van der Waals surface area contributed by atoms with Gasteiger partial charge in [-0.2, -0.15) is 5.10 Å². The van der Waals surface area contributed by atoms with Crippen LogP contribution in [0.4, 0.5) is 15.8 Å². The number of ether oxygens (including phenoxy) is 3. The van der Waals surface area contributed by atoms with Crippen molar-refractivity contribution >= 4 is 23.2 Å². The largest absolute Gasteiger partial charge is 0.505 e. The van der Waals surface area contributed by atoms with E-state index in [4.69, 9.17) is 14.2 Å². The topological polar surface area (TPSA) is 115 Å². The van der Waals surface area contributed by atoms with Gasteiger partial charge in [-0.3, -0.25) is 24.1 Å². The molecule has 1 N–H and O–H groups in total. The van der Waals surface area contributed by atoms with E-state index in [1.54, 1.807) is 30.1 Å². The molecule has 3 aliphatic heterocycles. The second-order valence-corrected chi connectivity index (χ2v) is 13.5. The molecule has 0 saturated carbocycles. The number of carbonyl (C=O) groups is 2. The smallest absolute Gasteiger partial charge is 0.264 e. The fourth-order valence-electron chi connectivity index (χ4n) is 7.39. The lowest BCUT2D eigenvalue weighted by Gasteiger charge is -2.40. The molecule has 1 saturated heterocycles. The first-order valence-electron chi connectivity index (χ1n) is 17.3. The van der Waals surface area contributed by atoms with Crippen LogP contribution in [-0.2, 0) is 31.8 Å². The number of hydrogen-bond acceptors (Lipinski definition) is 8. The zero-order valence-electron chi connectivity index (χ0n) is 29.2. The lowest BCUT2D eigenvalue weighted by atomic mass is 9.92. The Morgan fingerprint density at radius 3 is 2.44 bits per heavy atom. The third-order valence-electron chi connectivity index (χ3n) is 10.3. The van der Waals surface area contributed by atoms with Crippen LogP contribution < -0.4 is 14.4 Å². The quantitative estimate of drug-likeness (QED) is 0.246. The van der Waals surface area contributed by atoms with Crippen molar-refractivity contribution in [1.82, 2.24) is 24.1 Å². The predicted molar refractivity (Wildman–Crippen MR) is 191 cm³/mol. The number of benzene rings is 3. The van der Waals surface area contributed by atoms with Gasteiger partial charge < -0.3 is 28.8 Å². The van der Waals surface area contributed by atoms with Gasteiger partial charge >= 0.3 is 0 Å². The lowest BCUT2D eigenvalue weighted by Crippen LogP contribution is -2.52. The molecule has 0 aliphatic carbocycles. The summed E-state index contributed by atoms with van der Waals surface area (Å²) in [5, 5.41) is 14.1. The van der Waals surface area contributed by atoms with Crippen molar-refractivity contribution < 1.29 is 33.3 Å². The molecule has 1 atom stereocenters. The molecular formula is C39H39FN6O6. The Labute approximate surface area is 300 Å². The molecule has 268 valence electrons. The molecule has 1 fully saturated rings. The van der Waals surface area contributed by atoms with Crippen LogP contribution in [0.15, 0.2) is 73.1 Å². The highest BCUT2D eigenvalue weighted by Gasteiger charge is 2.35. The highest BCUT2D eigenvalue weighted by atomic mass is 19.1. The molecule has 2 aromatic heterocycles. The molecule has 3 aromatic carbocycles. The van der Waals surface area contributed by atoms with Crippen molar-refractivity contribution in [1.29, 1.82) is 0 Å². The van der Waals surface area contributed by atoms with Crippen LogP contribution in [0.3, 0.4) is 0 Å². The third kappa shape index (κ3) is 6.05. The van der Waals surface area contributed by atoms with Gasteiger partial charge in [0.25, 0.3) is 11.8 Å². The molecule has 0 bridgehead atoms. The van der Waals surface area contributed by atoms with Gasteiger partial charge in [-0.15, -0.1) is 0 Å². The van der Waals surface area contributed by atoms with Gasteiger partial charge in [-0.05, 0) is 54.8 Å². The lowest BCUT2D eigenvalue weighted by molar-refractivity contribution is 0.0193. The van der Waals surface area contributed by atoms with E-state index >= 15 is 0 Å². The number of hydrogen-bond donors (Lipinski definition) is 1. The van der Waals surface area contributed by atoms with Crippen molar-refractivity contribution in [2.75, 3.05) is 44.5 Å². The minimum Gasteiger partial charge on any atom is -0.505 e. The number of carbonyl (C=O) groups excluding carboxylic acids is 2. The molecule has 8 rings (SSSR count). The molecule has 2 amide bonds. The van der Waals surface area contributed by atoms with Gasteiger partial charge in [0, 0.05) is 75.5 Å². The summed E-state index contributed by atoms with van der Waals surface area (Å²) in [6, 6.07) is 17.3. The Morgan fingerprint density at radius 1 is 0.962 bits per heavy atom. The maximum atomic E-state index is 15.0. The van der Waals surface area contributed by atoms with Crippen molar-refractivity contribution in [3.63, 3.8) is 0 Å². The van der Waals surface area contributed by atoms with Crippen molar-refractivity contribution in [2.45, 2.75) is 25.9 Å². The SMILES string of the molecule is Cc1c(C(=O)N(c2ccc(O)c(F)c2)c2cnn(C)c2)cc(-c2cc3c(cc2C(=O)N2Cc4ccccc4C[C@H]2CN2CCOCC2)OCO3)n1C. The fourth-order valence-corrected chi connectivity index (χ4v) is 7.39. The van der Waals surface area contributed by atoms with Crippen LogP contribution in [0, 0.1) is 12.7 Å². The van der Waals surface area contributed by atoms with Gasteiger partial charge in [0.1, 0.15) is 0 Å². The first-order valence-corrected chi connectivity index (χ1v) is 17.3. The van der Waals surface area contributed by atoms with E-state index in [-0.39, 0.29) is 24.4 Å². The monoisotopic (exact) mass is 706 g/mol. The molecule has 0 unspecified atom stereocenters. The van der Waals surface area contributed by atoms with Crippen molar-refractivity contribution in [3.05, 3.63) is 107 Å². The molecule has 3 aliphatic rings. The maximum Gasteiger partial charge on any atom is 0.264 e. The third-order valence-corrected chi connectivity index (χ3v) is 10.3. The minimum atomic E-state index is -0.861. The average Bonchev–Trinajstić information content (AvgIpc) is 3.87. The van der Waals surface area contributed by atoms with E-state index < -0.39 is 17.5 Å². The number of nitrogens with zero attached hydrogens (tertiary/aromatic N) is 6. The summed E-state index contributed by atoms with van der Waals surface area (Å²) < 4.78 is 35.2. The first kappa shape index (κ1) is 33.5. The second-order valence-electron chi connectivity index (χ2n) is 13.5. The summed E-state index contributed by atoms with van der Waals surface area (Å²) in [5.74, 6) is -0.990. The summed E-state index contributed by atoms with van der Waals surface area (Å²) in [7, 11) is 3.56. The molecule has 5 aromatic rings. The number of halogens is 1. The zero-order valence-corrected chi connectivity index (χ0v) is 29.2. The highest BCUT2D eigenvalue weighted by Crippen LogP contribution is 2.42. The number of aromatic hydroxyl groups is 1. The standard InChI is InChI=1S/C39H39FN6O6/c1-24-30(39(49)46(29-19-41-42(2)21-29)27-8-9-35(47)33(40)15-27)16-34(43(24)3)31-17-36-37(52-23-51-36)18-32(31)38(48)45-20-26-7-5-4-6-25(26)14-28(45)22-44-10-12-50-13-11-44/h4-9,15-19,21,28,47H,10-14,20,22-23H2,1-3H3/t28-/m0/s1. The summed E-state index contributed by atoms with van der Waals surface area (Å²) in [6.45, 7) is 5.97. The number of rotatable bonds is 7. The van der Waals surface area contributed by atoms with E-state index in [0.717, 1.165) is 31.1 Å². The summed E-state index contributed by atoms with van der Waals surface area (Å²) in [5.41, 5.74) is 5.58. The van der Waals surface area contributed by atoms with Crippen LogP contribution in [0.25, 0.3) is 11.3 Å². The van der Waals surface area contributed by atoms with Gasteiger partial charge in [-0.25, -0.2) is 4.39 Å². The van der Waals surface area contributed by atoms with Gasteiger partial charge in [-0.1, -0.05) is 24.3 Å². The van der Waals surface area contributed by atoms with E-state index in [0.29, 0.717) is 71.6 Å². The van der Waals surface area contributed by atoms with E-state index in [1.807, 2.05) is 41.6 Å². The highest BCUT2D eigenvalue weighted by molar-refractivity contribution is 6.12. The Balaban J connectivity index is 1.21. The number of amides is 2.